The molecule has 1 amide bonds. The van der Waals surface area contributed by atoms with Crippen molar-refractivity contribution in [2.45, 2.75) is 45.1 Å². The SMILES string of the molecule is CN1CCN(CC(=O)N2CCC3(CCCCc4ccccc4OCCN(Cc4cccnc4)C3)CC2)CC1. The number of ether oxygens (including phenoxy) is 1. The molecule has 0 bridgehead atoms. The second-order valence-electron chi connectivity index (χ2n) is 11.7. The van der Waals surface area contributed by atoms with E-state index in [4.69, 9.17) is 4.74 Å². The molecule has 2 aromatic rings. The van der Waals surface area contributed by atoms with Crippen LogP contribution in [-0.2, 0) is 17.8 Å². The molecule has 2 saturated heterocycles. The number of amides is 1. The number of rotatable bonds is 4. The fourth-order valence-electron chi connectivity index (χ4n) is 6.40. The van der Waals surface area contributed by atoms with Gasteiger partial charge >= 0.3 is 0 Å². The lowest BCUT2D eigenvalue weighted by Crippen LogP contribution is -2.52. The third-order valence-electron chi connectivity index (χ3n) is 8.86. The predicted molar refractivity (Wildman–Crippen MR) is 151 cm³/mol. The molecule has 3 aliphatic rings. The van der Waals surface area contributed by atoms with Crippen molar-refractivity contribution in [1.82, 2.24) is 24.6 Å². The number of carbonyl (C=O) groups excluding carboxylic acids is 1. The number of nitrogens with zero attached hydrogens (tertiary/aromatic N) is 5. The van der Waals surface area contributed by atoms with Crippen LogP contribution in [0, 0.1) is 5.41 Å². The van der Waals surface area contributed by atoms with E-state index in [1.54, 1.807) is 0 Å². The maximum Gasteiger partial charge on any atom is 0.236 e. The molecule has 5 rings (SSSR count). The van der Waals surface area contributed by atoms with Gasteiger partial charge in [-0.2, -0.15) is 0 Å². The summed E-state index contributed by atoms with van der Waals surface area (Å²) < 4.78 is 6.31. The highest BCUT2D eigenvalue weighted by Crippen LogP contribution is 2.38. The van der Waals surface area contributed by atoms with Crippen molar-refractivity contribution in [3.05, 3.63) is 59.9 Å². The summed E-state index contributed by atoms with van der Waals surface area (Å²) in [6.45, 7) is 9.93. The molecule has 0 radical (unpaired) electrons. The molecule has 0 unspecified atom stereocenters. The van der Waals surface area contributed by atoms with E-state index in [1.807, 2.05) is 18.5 Å². The first-order valence-electron chi connectivity index (χ1n) is 14.6. The first-order chi connectivity index (χ1) is 18.6. The zero-order chi connectivity index (χ0) is 26.2. The lowest BCUT2D eigenvalue weighted by Gasteiger charge is -2.45. The van der Waals surface area contributed by atoms with E-state index in [9.17, 15) is 4.79 Å². The number of pyridine rings is 1. The van der Waals surface area contributed by atoms with Crippen molar-refractivity contribution in [2.24, 2.45) is 5.41 Å². The van der Waals surface area contributed by atoms with Crippen LogP contribution >= 0.6 is 0 Å². The molecule has 1 aromatic heterocycles. The Balaban J connectivity index is 1.25. The Morgan fingerprint density at radius 2 is 1.74 bits per heavy atom. The lowest BCUT2D eigenvalue weighted by atomic mass is 9.73. The molecule has 206 valence electrons. The van der Waals surface area contributed by atoms with Crippen LogP contribution in [-0.4, -0.2) is 103 Å². The Labute approximate surface area is 228 Å². The summed E-state index contributed by atoms with van der Waals surface area (Å²) in [5.41, 5.74) is 2.81. The molecule has 1 aromatic carbocycles. The standard InChI is InChI=1S/C31H45N5O2/c1-33-17-19-34(20-18-33)25-30(37)36-15-12-31(13-16-36)11-5-4-9-28-8-2-3-10-29(28)38-22-21-35(26-31)24-27-7-6-14-32-23-27/h2-3,6-8,10,14,23H,4-5,9,11-13,15-22,24-26H2,1H3. The average Bonchev–Trinajstić information content (AvgIpc) is 2.93. The number of hydrogen-bond acceptors (Lipinski definition) is 6. The summed E-state index contributed by atoms with van der Waals surface area (Å²) in [6.07, 6.45) is 10.7. The number of benzene rings is 1. The van der Waals surface area contributed by atoms with Crippen LogP contribution in [0.3, 0.4) is 0 Å². The van der Waals surface area contributed by atoms with Crippen molar-refractivity contribution < 1.29 is 9.53 Å². The van der Waals surface area contributed by atoms with Crippen LogP contribution in [0.4, 0.5) is 0 Å². The maximum atomic E-state index is 13.2. The van der Waals surface area contributed by atoms with E-state index in [1.165, 1.54) is 30.4 Å². The number of para-hydroxylation sites is 1. The van der Waals surface area contributed by atoms with Crippen LogP contribution in [0.2, 0.25) is 0 Å². The van der Waals surface area contributed by atoms with Gasteiger partial charge in [-0.05, 0) is 67.8 Å². The molecule has 7 nitrogen and oxygen atoms in total. The Morgan fingerprint density at radius 3 is 2.53 bits per heavy atom. The fraction of sp³-hybridized carbons (Fsp3) is 0.613. The van der Waals surface area contributed by atoms with Gasteiger partial charge in [0.25, 0.3) is 0 Å². The van der Waals surface area contributed by atoms with Gasteiger partial charge in [0.05, 0.1) is 6.54 Å². The second-order valence-corrected chi connectivity index (χ2v) is 11.7. The van der Waals surface area contributed by atoms with Gasteiger partial charge in [0.15, 0.2) is 0 Å². The maximum absolute atomic E-state index is 13.2. The molecule has 0 aliphatic carbocycles. The minimum atomic E-state index is 0.242. The second kappa shape index (κ2) is 13.0. The molecule has 3 aliphatic heterocycles. The van der Waals surface area contributed by atoms with Gasteiger partial charge in [0.1, 0.15) is 12.4 Å². The summed E-state index contributed by atoms with van der Waals surface area (Å²) in [7, 11) is 2.16. The van der Waals surface area contributed by atoms with Crippen molar-refractivity contribution in [2.75, 3.05) is 72.6 Å². The molecule has 7 heteroatoms. The number of piperidine rings is 1. The van der Waals surface area contributed by atoms with E-state index in [0.29, 0.717) is 19.1 Å². The third kappa shape index (κ3) is 7.33. The smallest absolute Gasteiger partial charge is 0.236 e. The minimum Gasteiger partial charge on any atom is -0.492 e. The van der Waals surface area contributed by atoms with E-state index >= 15 is 0 Å². The monoisotopic (exact) mass is 519 g/mol. The fourth-order valence-corrected chi connectivity index (χ4v) is 6.40. The number of hydrogen-bond donors (Lipinski definition) is 0. The zero-order valence-electron chi connectivity index (χ0n) is 23.2. The summed E-state index contributed by atoms with van der Waals surface area (Å²) >= 11 is 0. The van der Waals surface area contributed by atoms with Gasteiger partial charge < -0.3 is 14.5 Å². The molecule has 38 heavy (non-hydrogen) atoms. The Morgan fingerprint density at radius 1 is 0.921 bits per heavy atom. The number of aryl methyl sites for hydroxylation is 1. The molecule has 4 heterocycles. The first kappa shape index (κ1) is 27.1. The molecule has 0 saturated carbocycles. The lowest BCUT2D eigenvalue weighted by molar-refractivity contribution is -0.135. The van der Waals surface area contributed by atoms with Crippen molar-refractivity contribution >= 4 is 5.91 Å². The predicted octanol–water partition coefficient (Wildman–Crippen LogP) is 3.55. The van der Waals surface area contributed by atoms with Crippen LogP contribution < -0.4 is 4.74 Å². The van der Waals surface area contributed by atoms with Gasteiger partial charge in [-0.3, -0.25) is 19.6 Å². The molecule has 0 atom stereocenters. The topological polar surface area (TPSA) is 52.1 Å². The van der Waals surface area contributed by atoms with Crippen LogP contribution in [0.5, 0.6) is 5.75 Å². The molecular formula is C31H45N5O2. The van der Waals surface area contributed by atoms with E-state index in [0.717, 1.165) is 83.9 Å². The van der Waals surface area contributed by atoms with Gasteiger partial charge in [-0.1, -0.05) is 30.7 Å². The molecular weight excluding hydrogens is 474 g/mol. The summed E-state index contributed by atoms with van der Waals surface area (Å²) in [6, 6.07) is 12.7. The summed E-state index contributed by atoms with van der Waals surface area (Å²) in [4.78, 5) is 26.9. The van der Waals surface area contributed by atoms with Crippen LogP contribution in [0.1, 0.15) is 43.2 Å². The average molecular weight is 520 g/mol. The summed E-state index contributed by atoms with van der Waals surface area (Å²) in [5.74, 6) is 1.35. The van der Waals surface area contributed by atoms with Gasteiger partial charge in [-0.15, -0.1) is 0 Å². The van der Waals surface area contributed by atoms with Crippen molar-refractivity contribution in [1.29, 1.82) is 0 Å². The van der Waals surface area contributed by atoms with Crippen molar-refractivity contribution in [3.63, 3.8) is 0 Å². The van der Waals surface area contributed by atoms with Gasteiger partial charge in [0.2, 0.25) is 5.91 Å². The molecule has 2 fully saturated rings. The highest BCUT2D eigenvalue weighted by atomic mass is 16.5. The van der Waals surface area contributed by atoms with Gasteiger partial charge in [-0.25, -0.2) is 0 Å². The number of aromatic nitrogens is 1. The minimum absolute atomic E-state index is 0.242. The Kier molecular flexibility index (Phi) is 9.31. The number of likely N-dealkylation sites (N-methyl/N-ethyl adjacent to an activating group) is 1. The van der Waals surface area contributed by atoms with E-state index < -0.39 is 0 Å². The van der Waals surface area contributed by atoms with Gasteiger partial charge in [0, 0.05) is 71.3 Å². The normalized spacial score (nSPS) is 22.2. The van der Waals surface area contributed by atoms with E-state index in [-0.39, 0.29) is 5.41 Å². The summed E-state index contributed by atoms with van der Waals surface area (Å²) in [5, 5.41) is 0. The number of piperazine rings is 1. The quantitative estimate of drug-likeness (QED) is 0.616. The Hall–Kier alpha value is -2.48. The van der Waals surface area contributed by atoms with Crippen LogP contribution in [0.25, 0.3) is 0 Å². The number of likely N-dealkylation sites (tertiary alicyclic amines) is 1. The molecule has 1 spiro atoms. The first-order valence-corrected chi connectivity index (χ1v) is 14.6. The number of fused-ring (bicyclic) bond motifs is 1. The highest BCUT2D eigenvalue weighted by Gasteiger charge is 2.37. The zero-order valence-corrected chi connectivity index (χ0v) is 23.2. The van der Waals surface area contributed by atoms with E-state index in [2.05, 4.69) is 62.0 Å². The highest BCUT2D eigenvalue weighted by molar-refractivity contribution is 5.78. The van der Waals surface area contributed by atoms with Crippen molar-refractivity contribution in [3.8, 4) is 5.75 Å². The molecule has 0 N–H and O–H groups in total. The Bertz CT molecular complexity index is 1020. The van der Waals surface area contributed by atoms with Crippen LogP contribution in [0.15, 0.2) is 48.8 Å². The third-order valence-corrected chi connectivity index (χ3v) is 8.86. The number of carbonyl (C=O) groups is 1. The largest absolute Gasteiger partial charge is 0.492 e.